The maximum atomic E-state index is 5.78. The van der Waals surface area contributed by atoms with Gasteiger partial charge in [0.15, 0.2) is 5.75 Å². The number of furan rings is 1. The van der Waals surface area contributed by atoms with Gasteiger partial charge in [-0.25, -0.2) is 0 Å². The largest absolute Gasteiger partial charge is 0.485 e. The molecule has 2 rings (SSSR count). The first-order valence-corrected chi connectivity index (χ1v) is 7.49. The first kappa shape index (κ1) is 15.6. The predicted molar refractivity (Wildman–Crippen MR) is 82.2 cm³/mol. The van der Waals surface area contributed by atoms with E-state index in [1.165, 1.54) is 0 Å². The summed E-state index contributed by atoms with van der Waals surface area (Å²) in [6, 6.07) is 2.30. The standard InChI is InChI=1S/C16H25N3O2/c1-12(2)7-17-9-16-14(5-6-20-16)11-21-15-8-18-19(10-15)13(3)4/h5-6,8,10,12-13,17H,7,9,11H2,1-4H3. The van der Waals surface area contributed by atoms with Crippen molar-refractivity contribution < 1.29 is 9.15 Å². The number of nitrogens with zero attached hydrogens (tertiary/aromatic N) is 2. The summed E-state index contributed by atoms with van der Waals surface area (Å²) in [5, 5.41) is 7.64. The number of aromatic nitrogens is 2. The highest BCUT2D eigenvalue weighted by Crippen LogP contribution is 2.17. The van der Waals surface area contributed by atoms with E-state index in [0.717, 1.165) is 30.2 Å². The van der Waals surface area contributed by atoms with Crippen molar-refractivity contribution in [3.63, 3.8) is 0 Å². The van der Waals surface area contributed by atoms with Gasteiger partial charge >= 0.3 is 0 Å². The lowest BCUT2D eigenvalue weighted by Gasteiger charge is -2.08. The van der Waals surface area contributed by atoms with Gasteiger partial charge in [0, 0.05) is 11.6 Å². The predicted octanol–water partition coefficient (Wildman–Crippen LogP) is 3.38. The Bertz CT molecular complexity index is 543. The summed E-state index contributed by atoms with van der Waals surface area (Å²) in [5.74, 6) is 2.35. The zero-order valence-corrected chi connectivity index (χ0v) is 13.3. The van der Waals surface area contributed by atoms with E-state index in [4.69, 9.17) is 9.15 Å². The molecule has 2 aromatic rings. The molecule has 2 heterocycles. The number of rotatable bonds is 8. The van der Waals surface area contributed by atoms with Crippen LogP contribution in [0.4, 0.5) is 0 Å². The summed E-state index contributed by atoms with van der Waals surface area (Å²) in [6.45, 7) is 10.8. The molecule has 0 bridgehead atoms. The first-order valence-electron chi connectivity index (χ1n) is 7.49. The minimum absolute atomic E-state index is 0.340. The van der Waals surface area contributed by atoms with Crippen molar-refractivity contribution >= 4 is 0 Å². The zero-order chi connectivity index (χ0) is 15.2. The molecule has 116 valence electrons. The minimum atomic E-state index is 0.340. The van der Waals surface area contributed by atoms with Crippen LogP contribution in [0.25, 0.3) is 0 Å². The van der Waals surface area contributed by atoms with E-state index in [1.807, 2.05) is 16.9 Å². The Morgan fingerprint density at radius 1 is 1.33 bits per heavy atom. The molecule has 0 amide bonds. The molecule has 0 aliphatic carbocycles. The summed E-state index contributed by atoms with van der Waals surface area (Å²) >= 11 is 0. The van der Waals surface area contributed by atoms with E-state index < -0.39 is 0 Å². The molecule has 0 aliphatic rings. The lowest BCUT2D eigenvalue weighted by molar-refractivity contribution is 0.300. The van der Waals surface area contributed by atoms with Crippen molar-refractivity contribution in [2.24, 2.45) is 5.92 Å². The van der Waals surface area contributed by atoms with Gasteiger partial charge in [-0.3, -0.25) is 4.68 Å². The minimum Gasteiger partial charge on any atom is -0.485 e. The summed E-state index contributed by atoms with van der Waals surface area (Å²) in [4.78, 5) is 0. The van der Waals surface area contributed by atoms with Crippen LogP contribution < -0.4 is 10.1 Å². The molecule has 0 unspecified atom stereocenters. The maximum absolute atomic E-state index is 5.78. The van der Waals surface area contributed by atoms with E-state index >= 15 is 0 Å². The quantitative estimate of drug-likeness (QED) is 0.810. The molecule has 5 heteroatoms. The van der Waals surface area contributed by atoms with Crippen LogP contribution in [0, 0.1) is 5.92 Å². The molecule has 2 aromatic heterocycles. The molecule has 0 spiro atoms. The lowest BCUT2D eigenvalue weighted by atomic mass is 10.2. The molecular weight excluding hydrogens is 266 g/mol. The molecule has 0 fully saturated rings. The second kappa shape index (κ2) is 7.31. The van der Waals surface area contributed by atoms with Gasteiger partial charge in [0.05, 0.1) is 25.2 Å². The van der Waals surface area contributed by atoms with E-state index in [0.29, 0.717) is 18.6 Å². The second-order valence-corrected chi connectivity index (χ2v) is 5.93. The first-order chi connectivity index (χ1) is 10.1. The Balaban J connectivity index is 1.86. The highest BCUT2D eigenvalue weighted by Gasteiger charge is 2.08. The Hall–Kier alpha value is -1.75. The molecule has 0 atom stereocenters. The van der Waals surface area contributed by atoms with Crippen molar-refractivity contribution in [2.45, 2.75) is 46.9 Å². The molecule has 21 heavy (non-hydrogen) atoms. The van der Waals surface area contributed by atoms with Crippen LogP contribution in [0.3, 0.4) is 0 Å². The molecule has 0 saturated carbocycles. The Kier molecular flexibility index (Phi) is 5.44. The molecule has 0 aromatic carbocycles. The van der Waals surface area contributed by atoms with Gasteiger partial charge in [0.1, 0.15) is 12.4 Å². The van der Waals surface area contributed by atoms with Crippen molar-refractivity contribution in [3.8, 4) is 5.75 Å². The van der Waals surface area contributed by atoms with Crippen molar-refractivity contribution in [2.75, 3.05) is 6.54 Å². The van der Waals surface area contributed by atoms with E-state index in [-0.39, 0.29) is 0 Å². The van der Waals surface area contributed by atoms with Gasteiger partial charge in [0.2, 0.25) is 0 Å². The monoisotopic (exact) mass is 291 g/mol. The van der Waals surface area contributed by atoms with Gasteiger partial charge in [-0.15, -0.1) is 0 Å². The Morgan fingerprint density at radius 2 is 2.14 bits per heavy atom. The SMILES string of the molecule is CC(C)CNCc1occc1COc1cnn(C(C)C)c1. The Labute approximate surface area is 126 Å². The molecule has 5 nitrogen and oxygen atoms in total. The smallest absolute Gasteiger partial charge is 0.157 e. The van der Waals surface area contributed by atoms with Gasteiger partial charge in [-0.05, 0) is 32.4 Å². The van der Waals surface area contributed by atoms with Gasteiger partial charge in [-0.1, -0.05) is 13.8 Å². The maximum Gasteiger partial charge on any atom is 0.157 e. The van der Waals surface area contributed by atoms with Crippen LogP contribution in [-0.4, -0.2) is 16.3 Å². The molecule has 1 N–H and O–H groups in total. The topological polar surface area (TPSA) is 52.2 Å². The molecular formula is C16H25N3O2. The van der Waals surface area contributed by atoms with Gasteiger partial charge < -0.3 is 14.5 Å². The Morgan fingerprint density at radius 3 is 2.81 bits per heavy atom. The summed E-state index contributed by atoms with van der Waals surface area (Å²) in [7, 11) is 0. The van der Waals surface area contributed by atoms with Crippen molar-refractivity contribution in [1.29, 1.82) is 0 Å². The van der Waals surface area contributed by atoms with Gasteiger partial charge in [0.25, 0.3) is 0 Å². The molecule has 0 aliphatic heterocycles. The normalized spacial score (nSPS) is 11.5. The molecule has 0 radical (unpaired) electrons. The third-order valence-electron chi connectivity index (χ3n) is 3.18. The van der Waals surface area contributed by atoms with Crippen molar-refractivity contribution in [3.05, 3.63) is 36.0 Å². The fourth-order valence-electron chi connectivity index (χ4n) is 1.96. The number of ether oxygens (including phenoxy) is 1. The van der Waals surface area contributed by atoms with E-state index in [9.17, 15) is 0 Å². The van der Waals surface area contributed by atoms with Crippen LogP contribution in [-0.2, 0) is 13.2 Å². The van der Waals surface area contributed by atoms with E-state index in [1.54, 1.807) is 12.5 Å². The molecule has 0 saturated heterocycles. The third kappa shape index (κ3) is 4.63. The lowest BCUT2D eigenvalue weighted by Crippen LogP contribution is -2.19. The van der Waals surface area contributed by atoms with Crippen molar-refractivity contribution in [1.82, 2.24) is 15.1 Å². The van der Waals surface area contributed by atoms with Crippen LogP contribution in [0.15, 0.2) is 29.1 Å². The van der Waals surface area contributed by atoms with E-state index in [2.05, 4.69) is 38.1 Å². The fraction of sp³-hybridized carbons (Fsp3) is 0.562. The number of nitrogens with one attached hydrogen (secondary N) is 1. The van der Waals surface area contributed by atoms with Crippen LogP contribution in [0.1, 0.15) is 45.1 Å². The number of hydrogen-bond acceptors (Lipinski definition) is 4. The summed E-state index contributed by atoms with van der Waals surface area (Å²) < 4.78 is 13.2. The third-order valence-corrected chi connectivity index (χ3v) is 3.18. The van der Waals surface area contributed by atoms with Crippen LogP contribution in [0.2, 0.25) is 0 Å². The highest BCUT2D eigenvalue weighted by atomic mass is 16.5. The highest BCUT2D eigenvalue weighted by molar-refractivity contribution is 5.18. The average molecular weight is 291 g/mol. The second-order valence-electron chi connectivity index (χ2n) is 5.93. The average Bonchev–Trinajstić information content (AvgIpc) is 3.04. The van der Waals surface area contributed by atoms with Gasteiger partial charge in [-0.2, -0.15) is 5.10 Å². The van der Waals surface area contributed by atoms with Crippen LogP contribution >= 0.6 is 0 Å². The number of hydrogen-bond donors (Lipinski definition) is 1. The fourth-order valence-corrected chi connectivity index (χ4v) is 1.96. The summed E-state index contributed by atoms with van der Waals surface area (Å²) in [5.41, 5.74) is 1.07. The van der Waals surface area contributed by atoms with Crippen LogP contribution in [0.5, 0.6) is 5.75 Å². The summed E-state index contributed by atoms with van der Waals surface area (Å²) in [6.07, 6.45) is 5.38. The zero-order valence-electron chi connectivity index (χ0n) is 13.3.